The number of nitrogens with two attached hydrogens (primary N) is 1. The maximum absolute atomic E-state index is 13.4. The van der Waals surface area contributed by atoms with Crippen molar-refractivity contribution in [3.8, 4) is 11.8 Å². The van der Waals surface area contributed by atoms with Gasteiger partial charge in [0, 0.05) is 5.56 Å². The first-order chi connectivity index (χ1) is 11.2. The van der Waals surface area contributed by atoms with Gasteiger partial charge >= 0.3 is 6.09 Å². The van der Waals surface area contributed by atoms with Gasteiger partial charge in [-0.15, -0.1) is 0 Å². The zero-order chi connectivity index (χ0) is 16.5. The summed E-state index contributed by atoms with van der Waals surface area (Å²) in [6, 6.07) is 13.7. The molecule has 0 saturated heterocycles. The van der Waals surface area contributed by atoms with Gasteiger partial charge in [-0.1, -0.05) is 42.2 Å². The average molecular weight is 313 g/mol. The van der Waals surface area contributed by atoms with E-state index in [1.165, 1.54) is 12.1 Å². The van der Waals surface area contributed by atoms with Crippen molar-refractivity contribution >= 4 is 11.8 Å². The van der Waals surface area contributed by atoms with E-state index in [-0.39, 0.29) is 18.8 Å². The maximum atomic E-state index is 13.4. The molecule has 0 heterocycles. The first-order valence-corrected chi connectivity index (χ1v) is 6.88. The van der Waals surface area contributed by atoms with E-state index in [9.17, 15) is 9.18 Å². The Hall–Kier alpha value is -3.04. The number of carbonyl (C=O) groups is 1. The van der Waals surface area contributed by atoms with Crippen molar-refractivity contribution in [3.05, 3.63) is 65.5 Å². The van der Waals surface area contributed by atoms with E-state index in [0.29, 0.717) is 5.56 Å². The van der Waals surface area contributed by atoms with Crippen LogP contribution in [-0.2, 0) is 11.3 Å². The molecule has 2 aromatic carbocycles. The molecule has 0 aliphatic rings. The summed E-state index contributed by atoms with van der Waals surface area (Å²) in [4.78, 5) is 11.5. The van der Waals surface area contributed by atoms with Crippen molar-refractivity contribution in [1.82, 2.24) is 5.32 Å². The summed E-state index contributed by atoms with van der Waals surface area (Å²) in [5.41, 5.74) is 3.82. The van der Waals surface area contributed by atoms with Gasteiger partial charge in [0.1, 0.15) is 12.4 Å². The predicted molar refractivity (Wildman–Crippen MR) is 85.7 cm³/mol. The Morgan fingerprint density at radius 1 is 1.22 bits per heavy atom. The van der Waals surface area contributed by atoms with E-state index < -0.39 is 11.9 Å². The third-order valence-corrected chi connectivity index (χ3v) is 2.89. The standard InChI is InChI=1S/C17H16FN3O2/c18-15-11-13(8-9-16(15)21-19)7-4-10-20-17(22)23-12-14-5-2-1-3-6-14/h1-3,5-6,8-9,11,21H,10,12,19H2,(H,20,22). The smallest absolute Gasteiger partial charge is 0.408 e. The topological polar surface area (TPSA) is 76.4 Å². The third-order valence-electron chi connectivity index (χ3n) is 2.89. The molecule has 23 heavy (non-hydrogen) atoms. The fourth-order valence-corrected chi connectivity index (χ4v) is 1.75. The molecule has 6 heteroatoms. The highest BCUT2D eigenvalue weighted by atomic mass is 19.1. The van der Waals surface area contributed by atoms with Crippen molar-refractivity contribution < 1.29 is 13.9 Å². The molecule has 2 aromatic rings. The fourth-order valence-electron chi connectivity index (χ4n) is 1.75. The molecule has 0 unspecified atom stereocenters. The lowest BCUT2D eigenvalue weighted by atomic mass is 10.2. The zero-order valence-corrected chi connectivity index (χ0v) is 12.3. The number of amides is 1. The number of ether oxygens (including phenoxy) is 1. The van der Waals surface area contributed by atoms with Crippen LogP contribution < -0.4 is 16.6 Å². The number of alkyl carbamates (subject to hydrolysis) is 1. The van der Waals surface area contributed by atoms with E-state index in [0.717, 1.165) is 5.56 Å². The van der Waals surface area contributed by atoms with Crippen molar-refractivity contribution in [2.24, 2.45) is 5.84 Å². The molecule has 0 radical (unpaired) electrons. The molecule has 2 rings (SSSR count). The van der Waals surface area contributed by atoms with Crippen molar-refractivity contribution in [2.75, 3.05) is 12.0 Å². The van der Waals surface area contributed by atoms with Gasteiger partial charge in [-0.05, 0) is 23.8 Å². The van der Waals surface area contributed by atoms with Gasteiger partial charge in [0.25, 0.3) is 0 Å². The van der Waals surface area contributed by atoms with Gasteiger partial charge < -0.3 is 15.5 Å². The highest BCUT2D eigenvalue weighted by molar-refractivity contribution is 5.67. The Balaban J connectivity index is 1.76. The van der Waals surface area contributed by atoms with E-state index in [4.69, 9.17) is 10.6 Å². The number of hydrogen-bond acceptors (Lipinski definition) is 4. The Kier molecular flexibility index (Phi) is 5.98. The van der Waals surface area contributed by atoms with E-state index >= 15 is 0 Å². The molecular weight excluding hydrogens is 297 g/mol. The lowest BCUT2D eigenvalue weighted by Crippen LogP contribution is -2.24. The molecule has 0 bridgehead atoms. The van der Waals surface area contributed by atoms with Crippen LogP contribution in [0.3, 0.4) is 0 Å². The minimum absolute atomic E-state index is 0.103. The second-order valence-corrected chi connectivity index (χ2v) is 4.56. The average Bonchev–Trinajstić information content (AvgIpc) is 2.58. The van der Waals surface area contributed by atoms with Crippen LogP contribution in [0.15, 0.2) is 48.5 Å². The molecule has 0 spiro atoms. The number of nitrogen functional groups attached to an aromatic ring is 1. The quantitative estimate of drug-likeness (QED) is 0.460. The highest BCUT2D eigenvalue weighted by Gasteiger charge is 2.01. The summed E-state index contributed by atoms with van der Waals surface area (Å²) < 4.78 is 18.5. The lowest BCUT2D eigenvalue weighted by Gasteiger charge is -2.04. The van der Waals surface area contributed by atoms with Gasteiger partial charge in [-0.3, -0.25) is 5.84 Å². The van der Waals surface area contributed by atoms with Gasteiger partial charge in [0.05, 0.1) is 12.2 Å². The lowest BCUT2D eigenvalue weighted by molar-refractivity contribution is 0.141. The number of rotatable bonds is 4. The van der Waals surface area contributed by atoms with E-state index in [1.807, 2.05) is 30.3 Å². The van der Waals surface area contributed by atoms with Crippen molar-refractivity contribution in [2.45, 2.75) is 6.61 Å². The second kappa shape index (κ2) is 8.41. The third kappa shape index (κ3) is 5.34. The molecule has 4 N–H and O–H groups in total. The first-order valence-electron chi connectivity index (χ1n) is 6.88. The van der Waals surface area contributed by atoms with Gasteiger partial charge in [-0.2, -0.15) is 0 Å². The van der Waals surface area contributed by atoms with Crippen molar-refractivity contribution in [1.29, 1.82) is 0 Å². The van der Waals surface area contributed by atoms with Crippen molar-refractivity contribution in [3.63, 3.8) is 0 Å². The van der Waals surface area contributed by atoms with Crippen LogP contribution in [0.25, 0.3) is 0 Å². The number of anilines is 1. The molecule has 0 fully saturated rings. The van der Waals surface area contributed by atoms with Crippen LogP contribution in [-0.4, -0.2) is 12.6 Å². The van der Waals surface area contributed by atoms with Crippen LogP contribution in [0.5, 0.6) is 0 Å². The number of benzene rings is 2. The number of carbonyl (C=O) groups excluding carboxylic acids is 1. The van der Waals surface area contributed by atoms with Crippen LogP contribution in [0.4, 0.5) is 14.9 Å². The molecule has 118 valence electrons. The summed E-state index contributed by atoms with van der Waals surface area (Å²) in [7, 11) is 0. The van der Waals surface area contributed by atoms with E-state index in [2.05, 4.69) is 22.6 Å². The summed E-state index contributed by atoms with van der Waals surface area (Å²) in [5, 5.41) is 2.50. The number of halogens is 1. The largest absolute Gasteiger partial charge is 0.445 e. The van der Waals surface area contributed by atoms with Crippen LogP contribution in [0.1, 0.15) is 11.1 Å². The normalized spacial score (nSPS) is 9.48. The zero-order valence-electron chi connectivity index (χ0n) is 12.3. The van der Waals surface area contributed by atoms with Crippen LogP contribution >= 0.6 is 0 Å². The molecule has 0 aromatic heterocycles. The summed E-state index contributed by atoms with van der Waals surface area (Å²) in [5.74, 6) is 10.1. The second-order valence-electron chi connectivity index (χ2n) is 4.56. The molecule has 0 aliphatic heterocycles. The number of hydrazine groups is 1. The van der Waals surface area contributed by atoms with Crippen LogP contribution in [0, 0.1) is 17.7 Å². The highest BCUT2D eigenvalue weighted by Crippen LogP contribution is 2.13. The van der Waals surface area contributed by atoms with E-state index in [1.54, 1.807) is 6.07 Å². The first kappa shape index (κ1) is 16.3. The number of hydrogen-bond donors (Lipinski definition) is 3. The molecule has 5 nitrogen and oxygen atoms in total. The maximum Gasteiger partial charge on any atom is 0.408 e. The Labute approximate surface area is 133 Å². The molecule has 0 aliphatic carbocycles. The Morgan fingerprint density at radius 3 is 2.70 bits per heavy atom. The van der Waals surface area contributed by atoms with Gasteiger partial charge in [0.15, 0.2) is 0 Å². The van der Waals surface area contributed by atoms with Gasteiger partial charge in [0.2, 0.25) is 0 Å². The molecular formula is C17H16FN3O2. The molecule has 0 saturated carbocycles. The minimum Gasteiger partial charge on any atom is -0.445 e. The summed E-state index contributed by atoms with van der Waals surface area (Å²) in [6.45, 7) is 0.297. The number of nitrogens with one attached hydrogen (secondary N) is 2. The Morgan fingerprint density at radius 2 is 2.00 bits per heavy atom. The predicted octanol–water partition coefficient (Wildman–Crippen LogP) is 2.39. The minimum atomic E-state index is -0.558. The summed E-state index contributed by atoms with van der Waals surface area (Å²) >= 11 is 0. The molecule has 0 atom stereocenters. The fraction of sp³-hybridized carbons (Fsp3) is 0.118. The summed E-state index contributed by atoms with van der Waals surface area (Å²) in [6.07, 6.45) is -0.558. The SMILES string of the molecule is NNc1ccc(C#CCNC(=O)OCc2ccccc2)cc1F. The van der Waals surface area contributed by atoms with Gasteiger partial charge in [-0.25, -0.2) is 9.18 Å². The monoisotopic (exact) mass is 313 g/mol. The van der Waals surface area contributed by atoms with Crippen LogP contribution in [0.2, 0.25) is 0 Å². The Bertz CT molecular complexity index is 724. The molecule has 1 amide bonds.